The second-order valence-electron chi connectivity index (χ2n) is 5.57. The fraction of sp³-hybridized carbons (Fsp3) is 0.625. The molecule has 100 valence electrons. The Balaban J connectivity index is 1.79. The van der Waals surface area contributed by atoms with Crippen molar-refractivity contribution < 1.29 is 4.74 Å². The molecule has 0 aromatic heterocycles. The van der Waals surface area contributed by atoms with Gasteiger partial charge in [0, 0.05) is 18.5 Å². The lowest BCUT2D eigenvalue weighted by atomic mass is 10.1. The van der Waals surface area contributed by atoms with E-state index in [0.717, 1.165) is 18.4 Å². The molecule has 0 saturated carbocycles. The molecule has 2 nitrogen and oxygen atoms in total. The van der Waals surface area contributed by atoms with Gasteiger partial charge in [-0.05, 0) is 45.4 Å². The molecule has 1 saturated heterocycles. The van der Waals surface area contributed by atoms with Crippen molar-refractivity contribution >= 4 is 0 Å². The Bertz CT molecular complexity index is 360. The highest BCUT2D eigenvalue weighted by Crippen LogP contribution is 2.24. The van der Waals surface area contributed by atoms with Gasteiger partial charge in [-0.1, -0.05) is 24.6 Å². The summed E-state index contributed by atoms with van der Waals surface area (Å²) in [6, 6.07) is 9.07. The molecule has 1 heterocycles. The zero-order valence-electron chi connectivity index (χ0n) is 11.9. The van der Waals surface area contributed by atoms with Gasteiger partial charge >= 0.3 is 0 Å². The van der Waals surface area contributed by atoms with Crippen molar-refractivity contribution in [3.05, 3.63) is 29.8 Å². The lowest BCUT2D eigenvalue weighted by molar-refractivity contribution is 0.233. The molecule has 2 unspecified atom stereocenters. The number of benzene rings is 1. The third-order valence-corrected chi connectivity index (χ3v) is 3.81. The smallest absolute Gasteiger partial charge is 0.119 e. The van der Waals surface area contributed by atoms with Gasteiger partial charge in [-0.25, -0.2) is 0 Å². The zero-order chi connectivity index (χ0) is 13.0. The van der Waals surface area contributed by atoms with Crippen LogP contribution in [0.5, 0.6) is 5.75 Å². The van der Waals surface area contributed by atoms with Gasteiger partial charge in [-0.15, -0.1) is 0 Å². The second-order valence-corrected chi connectivity index (χ2v) is 5.57. The van der Waals surface area contributed by atoms with Gasteiger partial charge in [-0.3, -0.25) is 0 Å². The lowest BCUT2D eigenvalue weighted by Crippen LogP contribution is -2.28. The van der Waals surface area contributed by atoms with E-state index in [0.29, 0.717) is 5.92 Å². The van der Waals surface area contributed by atoms with Gasteiger partial charge in [0.15, 0.2) is 0 Å². The Morgan fingerprint density at radius 2 is 2.00 bits per heavy atom. The molecule has 0 aliphatic carbocycles. The predicted molar refractivity (Wildman–Crippen MR) is 76.1 cm³/mol. The van der Waals surface area contributed by atoms with Gasteiger partial charge in [0.2, 0.25) is 0 Å². The summed E-state index contributed by atoms with van der Waals surface area (Å²) >= 11 is 0. The van der Waals surface area contributed by atoms with Crippen molar-refractivity contribution in [2.75, 3.05) is 19.7 Å². The molecule has 1 aliphatic heterocycles. The van der Waals surface area contributed by atoms with Gasteiger partial charge in [0.1, 0.15) is 5.75 Å². The molecule has 1 aromatic carbocycles. The fourth-order valence-electron chi connectivity index (χ4n) is 2.79. The lowest BCUT2D eigenvalue weighted by Gasteiger charge is -2.19. The molecule has 1 aliphatic rings. The van der Waals surface area contributed by atoms with E-state index in [4.69, 9.17) is 4.74 Å². The van der Waals surface area contributed by atoms with E-state index in [2.05, 4.69) is 49.9 Å². The maximum atomic E-state index is 5.89. The molecule has 18 heavy (non-hydrogen) atoms. The Kier molecular flexibility index (Phi) is 4.65. The first kappa shape index (κ1) is 13.4. The van der Waals surface area contributed by atoms with Crippen LogP contribution in [-0.2, 0) is 0 Å². The molecule has 0 amide bonds. The third-order valence-electron chi connectivity index (χ3n) is 3.81. The first-order chi connectivity index (χ1) is 8.69. The van der Waals surface area contributed by atoms with Gasteiger partial charge in [0.05, 0.1) is 6.61 Å². The average Bonchev–Trinajstić information content (AvgIpc) is 2.70. The van der Waals surface area contributed by atoms with E-state index < -0.39 is 0 Å². The van der Waals surface area contributed by atoms with Crippen LogP contribution in [0.3, 0.4) is 0 Å². The molecule has 0 radical (unpaired) electrons. The number of hydrogen-bond acceptors (Lipinski definition) is 2. The van der Waals surface area contributed by atoms with Crippen LogP contribution >= 0.6 is 0 Å². The number of rotatable bonds is 5. The van der Waals surface area contributed by atoms with Crippen molar-refractivity contribution in [1.29, 1.82) is 0 Å². The minimum Gasteiger partial charge on any atom is -0.493 e. The number of aryl methyl sites for hydroxylation is 1. The standard InChI is InChI=1S/C16H25NO/c1-4-9-17-11-15(10-14(17)3)12-18-16-7-5-13(2)6-8-16/h5-8,14-15H,4,9-12H2,1-3H3. The van der Waals surface area contributed by atoms with Gasteiger partial charge in [0.25, 0.3) is 0 Å². The zero-order valence-corrected chi connectivity index (χ0v) is 11.9. The summed E-state index contributed by atoms with van der Waals surface area (Å²) in [6.45, 7) is 9.96. The first-order valence-electron chi connectivity index (χ1n) is 7.12. The van der Waals surface area contributed by atoms with Crippen molar-refractivity contribution in [3.63, 3.8) is 0 Å². The normalized spacial score (nSPS) is 24.4. The number of likely N-dealkylation sites (tertiary alicyclic amines) is 1. The Morgan fingerprint density at radius 1 is 1.28 bits per heavy atom. The minimum atomic E-state index is 0.688. The number of ether oxygens (including phenoxy) is 1. The summed E-state index contributed by atoms with van der Waals surface area (Å²) in [5.74, 6) is 1.69. The maximum absolute atomic E-state index is 5.89. The van der Waals surface area contributed by atoms with Crippen LogP contribution in [-0.4, -0.2) is 30.6 Å². The Morgan fingerprint density at radius 3 is 2.67 bits per heavy atom. The molecule has 0 N–H and O–H groups in total. The van der Waals surface area contributed by atoms with Crippen molar-refractivity contribution in [1.82, 2.24) is 4.90 Å². The Hall–Kier alpha value is -1.02. The molecule has 1 aromatic rings. The fourth-order valence-corrected chi connectivity index (χ4v) is 2.79. The summed E-state index contributed by atoms with van der Waals surface area (Å²) < 4.78 is 5.89. The first-order valence-corrected chi connectivity index (χ1v) is 7.12. The number of nitrogens with zero attached hydrogens (tertiary/aromatic N) is 1. The quantitative estimate of drug-likeness (QED) is 0.789. The second kappa shape index (κ2) is 6.24. The van der Waals surface area contributed by atoms with Crippen LogP contribution in [0.25, 0.3) is 0 Å². The third kappa shape index (κ3) is 3.49. The van der Waals surface area contributed by atoms with Crippen LogP contribution in [0.15, 0.2) is 24.3 Å². The molecule has 0 spiro atoms. The van der Waals surface area contributed by atoms with Crippen molar-refractivity contribution in [2.45, 2.75) is 39.7 Å². The van der Waals surface area contributed by atoms with Crippen LogP contribution in [0, 0.1) is 12.8 Å². The summed E-state index contributed by atoms with van der Waals surface area (Å²) in [5, 5.41) is 0. The maximum Gasteiger partial charge on any atom is 0.119 e. The largest absolute Gasteiger partial charge is 0.493 e. The molecule has 2 rings (SSSR count). The molecule has 0 bridgehead atoms. The molecule has 2 heteroatoms. The van der Waals surface area contributed by atoms with Crippen LogP contribution in [0.4, 0.5) is 0 Å². The van der Waals surface area contributed by atoms with E-state index >= 15 is 0 Å². The summed E-state index contributed by atoms with van der Waals surface area (Å²) in [6.07, 6.45) is 2.52. The molecule has 1 fully saturated rings. The summed E-state index contributed by atoms with van der Waals surface area (Å²) in [7, 11) is 0. The highest BCUT2D eigenvalue weighted by atomic mass is 16.5. The van der Waals surface area contributed by atoms with E-state index in [1.165, 1.54) is 31.5 Å². The van der Waals surface area contributed by atoms with Crippen LogP contribution in [0.1, 0.15) is 32.3 Å². The van der Waals surface area contributed by atoms with Crippen molar-refractivity contribution in [2.24, 2.45) is 5.92 Å². The minimum absolute atomic E-state index is 0.688. The average molecular weight is 247 g/mol. The molecular weight excluding hydrogens is 222 g/mol. The monoisotopic (exact) mass is 247 g/mol. The van der Waals surface area contributed by atoms with Crippen LogP contribution < -0.4 is 4.74 Å². The van der Waals surface area contributed by atoms with Crippen molar-refractivity contribution in [3.8, 4) is 5.75 Å². The van der Waals surface area contributed by atoms with Gasteiger partial charge in [-0.2, -0.15) is 0 Å². The highest BCUT2D eigenvalue weighted by Gasteiger charge is 2.28. The summed E-state index contributed by atoms with van der Waals surface area (Å²) in [4.78, 5) is 2.59. The van der Waals surface area contributed by atoms with E-state index in [1.54, 1.807) is 0 Å². The van der Waals surface area contributed by atoms with E-state index in [1.807, 2.05) is 0 Å². The van der Waals surface area contributed by atoms with E-state index in [9.17, 15) is 0 Å². The van der Waals surface area contributed by atoms with Crippen LogP contribution in [0.2, 0.25) is 0 Å². The topological polar surface area (TPSA) is 12.5 Å². The van der Waals surface area contributed by atoms with E-state index in [-0.39, 0.29) is 0 Å². The predicted octanol–water partition coefficient (Wildman–Crippen LogP) is 3.49. The molecular formula is C16H25NO. The number of hydrogen-bond donors (Lipinski definition) is 0. The summed E-state index contributed by atoms with van der Waals surface area (Å²) in [5.41, 5.74) is 1.28. The highest BCUT2D eigenvalue weighted by molar-refractivity contribution is 5.26. The van der Waals surface area contributed by atoms with Gasteiger partial charge < -0.3 is 9.64 Å². The SMILES string of the molecule is CCCN1CC(COc2ccc(C)cc2)CC1C. The molecule has 2 atom stereocenters. The Labute approximate surface area is 111 Å².